The standard InChI is InChI=1S/C23H36N2O.ClH/c26-22-14-17-25(21-12-8-5-9-13-21)23(22)15-18-24(19-16-23)20-10-6-3-1-2-4-7-11-20;/h5,8-9,12-13,20,22,26H,1-4,6-7,10-11,14-19H2;1H/t22-;/m0./s1. The summed E-state index contributed by atoms with van der Waals surface area (Å²) >= 11 is 0. The van der Waals surface area contributed by atoms with Crippen molar-refractivity contribution in [2.75, 3.05) is 24.5 Å². The molecule has 3 nitrogen and oxygen atoms in total. The summed E-state index contributed by atoms with van der Waals surface area (Å²) in [6.45, 7) is 3.31. The van der Waals surface area contributed by atoms with Gasteiger partial charge >= 0.3 is 0 Å². The summed E-state index contributed by atoms with van der Waals surface area (Å²) in [5.41, 5.74) is 1.26. The van der Waals surface area contributed by atoms with Crippen molar-refractivity contribution in [1.82, 2.24) is 4.90 Å². The largest absolute Gasteiger partial charge is 0.391 e. The third kappa shape index (κ3) is 4.46. The zero-order chi connectivity index (χ0) is 17.8. The Labute approximate surface area is 171 Å². The Morgan fingerprint density at radius 2 is 1.37 bits per heavy atom. The first-order chi connectivity index (χ1) is 12.8. The molecule has 1 atom stereocenters. The van der Waals surface area contributed by atoms with Crippen molar-refractivity contribution >= 4 is 18.1 Å². The van der Waals surface area contributed by atoms with Gasteiger partial charge in [0.15, 0.2) is 0 Å². The van der Waals surface area contributed by atoms with Crippen LogP contribution in [0, 0.1) is 0 Å². The van der Waals surface area contributed by atoms with E-state index in [-0.39, 0.29) is 24.0 Å². The zero-order valence-electron chi connectivity index (χ0n) is 16.7. The number of halogens is 1. The topological polar surface area (TPSA) is 26.7 Å². The highest BCUT2D eigenvalue weighted by Gasteiger charge is 2.50. The molecule has 0 unspecified atom stereocenters. The first kappa shape index (κ1) is 21.0. The summed E-state index contributed by atoms with van der Waals surface area (Å²) in [6, 6.07) is 11.5. The van der Waals surface area contributed by atoms with Crippen LogP contribution in [0.2, 0.25) is 0 Å². The summed E-state index contributed by atoms with van der Waals surface area (Å²) in [6.07, 6.45) is 14.3. The fourth-order valence-corrected chi connectivity index (χ4v) is 5.77. The van der Waals surface area contributed by atoms with Crippen molar-refractivity contribution in [2.45, 2.75) is 88.3 Å². The molecular weight excluding hydrogens is 356 g/mol. The zero-order valence-corrected chi connectivity index (χ0v) is 17.5. The van der Waals surface area contributed by atoms with Gasteiger partial charge in [-0.15, -0.1) is 12.4 Å². The number of anilines is 1. The van der Waals surface area contributed by atoms with Gasteiger partial charge in [-0.2, -0.15) is 0 Å². The number of hydrogen-bond acceptors (Lipinski definition) is 3. The fraction of sp³-hybridized carbons (Fsp3) is 0.739. The number of nitrogens with zero attached hydrogens (tertiary/aromatic N) is 2. The summed E-state index contributed by atoms with van der Waals surface area (Å²) in [4.78, 5) is 5.29. The molecule has 1 aromatic carbocycles. The van der Waals surface area contributed by atoms with Crippen LogP contribution in [0.4, 0.5) is 5.69 Å². The van der Waals surface area contributed by atoms with Crippen LogP contribution < -0.4 is 4.90 Å². The van der Waals surface area contributed by atoms with E-state index in [4.69, 9.17) is 0 Å². The molecule has 3 fully saturated rings. The van der Waals surface area contributed by atoms with E-state index < -0.39 is 0 Å². The number of para-hydroxylation sites is 1. The summed E-state index contributed by atoms with van der Waals surface area (Å²) in [5.74, 6) is 0. The van der Waals surface area contributed by atoms with Crippen molar-refractivity contribution in [3.8, 4) is 0 Å². The Morgan fingerprint density at radius 1 is 0.778 bits per heavy atom. The van der Waals surface area contributed by atoms with Crippen LogP contribution in [0.15, 0.2) is 30.3 Å². The van der Waals surface area contributed by atoms with Crippen molar-refractivity contribution in [1.29, 1.82) is 0 Å². The van der Waals surface area contributed by atoms with E-state index >= 15 is 0 Å². The number of likely N-dealkylation sites (tertiary alicyclic amines) is 1. The smallest absolute Gasteiger partial charge is 0.0789 e. The lowest BCUT2D eigenvalue weighted by atomic mass is 9.81. The molecule has 27 heavy (non-hydrogen) atoms. The third-order valence-corrected chi connectivity index (χ3v) is 7.36. The summed E-state index contributed by atoms with van der Waals surface area (Å²) < 4.78 is 0. The van der Waals surface area contributed by atoms with Crippen molar-refractivity contribution in [3.63, 3.8) is 0 Å². The molecule has 4 rings (SSSR count). The Kier molecular flexibility index (Phi) is 7.47. The van der Waals surface area contributed by atoms with E-state index in [0.717, 1.165) is 44.9 Å². The van der Waals surface area contributed by atoms with Gasteiger partial charge in [-0.05, 0) is 44.2 Å². The fourth-order valence-electron chi connectivity index (χ4n) is 5.77. The molecule has 1 aromatic rings. The normalized spacial score (nSPS) is 27.6. The van der Waals surface area contributed by atoms with Crippen molar-refractivity contribution in [3.05, 3.63) is 30.3 Å². The van der Waals surface area contributed by atoms with Gasteiger partial charge in [-0.3, -0.25) is 0 Å². The van der Waals surface area contributed by atoms with E-state index in [1.807, 2.05) is 0 Å². The molecule has 0 radical (unpaired) electrons. The van der Waals surface area contributed by atoms with Gasteiger partial charge in [0, 0.05) is 31.4 Å². The SMILES string of the molecule is Cl.O[C@H]1CCN(c2ccccc2)C12CCN(C1CCCCCCCC1)CC2. The molecule has 0 amide bonds. The number of rotatable bonds is 2. The van der Waals surface area contributed by atoms with E-state index in [1.165, 1.54) is 57.1 Å². The van der Waals surface area contributed by atoms with E-state index in [2.05, 4.69) is 40.1 Å². The lowest BCUT2D eigenvalue weighted by molar-refractivity contribution is 0.0376. The molecule has 3 aliphatic rings. The molecule has 4 heteroatoms. The van der Waals surface area contributed by atoms with Crippen molar-refractivity contribution in [2.24, 2.45) is 0 Å². The van der Waals surface area contributed by atoms with Gasteiger partial charge in [0.05, 0.1) is 11.6 Å². The Morgan fingerprint density at radius 3 is 2.00 bits per heavy atom. The van der Waals surface area contributed by atoms with Crippen LogP contribution in [-0.2, 0) is 0 Å². The molecule has 2 heterocycles. The van der Waals surface area contributed by atoms with Crippen molar-refractivity contribution < 1.29 is 5.11 Å². The maximum Gasteiger partial charge on any atom is 0.0789 e. The Bertz CT molecular complexity index is 549. The van der Waals surface area contributed by atoms with Crippen LogP contribution in [-0.4, -0.2) is 47.3 Å². The molecule has 1 spiro atoms. The van der Waals surface area contributed by atoms with E-state index in [0.29, 0.717) is 0 Å². The molecule has 2 aliphatic heterocycles. The second kappa shape index (κ2) is 9.62. The summed E-state index contributed by atoms with van der Waals surface area (Å²) in [7, 11) is 0. The maximum atomic E-state index is 10.9. The predicted octanol–water partition coefficient (Wildman–Crippen LogP) is 5.02. The molecular formula is C23H37ClN2O. The molecule has 0 aromatic heterocycles. The van der Waals surface area contributed by atoms with E-state index in [1.54, 1.807) is 0 Å². The molecule has 1 N–H and O–H groups in total. The number of aliphatic hydroxyl groups is 1. The van der Waals surface area contributed by atoms with Crippen LogP contribution in [0.25, 0.3) is 0 Å². The molecule has 0 bridgehead atoms. The quantitative estimate of drug-likeness (QED) is 0.765. The monoisotopic (exact) mass is 392 g/mol. The number of benzene rings is 1. The summed E-state index contributed by atoms with van der Waals surface area (Å²) in [5, 5.41) is 10.9. The maximum absolute atomic E-state index is 10.9. The molecule has 152 valence electrons. The Hall–Kier alpha value is -0.770. The highest BCUT2D eigenvalue weighted by molar-refractivity contribution is 5.85. The first-order valence-electron chi connectivity index (χ1n) is 11.0. The second-order valence-corrected chi connectivity index (χ2v) is 8.78. The van der Waals surface area contributed by atoms with Gasteiger partial charge in [0.2, 0.25) is 0 Å². The lowest BCUT2D eigenvalue weighted by Gasteiger charge is -2.49. The highest BCUT2D eigenvalue weighted by atomic mass is 35.5. The minimum atomic E-state index is -0.176. The van der Waals surface area contributed by atoms with Gasteiger partial charge < -0.3 is 14.9 Å². The number of piperidine rings is 1. The van der Waals surface area contributed by atoms with Gasteiger partial charge in [-0.25, -0.2) is 0 Å². The minimum Gasteiger partial charge on any atom is -0.391 e. The number of aliphatic hydroxyl groups excluding tert-OH is 1. The Balaban J connectivity index is 0.00000210. The molecule has 2 saturated heterocycles. The van der Waals surface area contributed by atoms with Crippen LogP contribution >= 0.6 is 12.4 Å². The van der Waals surface area contributed by atoms with Crippen LogP contribution in [0.1, 0.15) is 70.6 Å². The molecule has 1 aliphatic carbocycles. The number of hydrogen-bond donors (Lipinski definition) is 1. The van der Waals surface area contributed by atoms with E-state index in [9.17, 15) is 5.11 Å². The van der Waals surface area contributed by atoms with Gasteiger partial charge in [-0.1, -0.05) is 56.7 Å². The van der Waals surface area contributed by atoms with Crippen LogP contribution in [0.3, 0.4) is 0 Å². The average Bonchev–Trinajstić information content (AvgIpc) is 3.06. The second-order valence-electron chi connectivity index (χ2n) is 8.78. The third-order valence-electron chi connectivity index (χ3n) is 7.36. The van der Waals surface area contributed by atoms with Gasteiger partial charge in [0.1, 0.15) is 0 Å². The average molecular weight is 393 g/mol. The van der Waals surface area contributed by atoms with Crippen LogP contribution in [0.5, 0.6) is 0 Å². The predicted molar refractivity (Wildman–Crippen MR) is 116 cm³/mol. The van der Waals surface area contributed by atoms with Gasteiger partial charge in [0.25, 0.3) is 0 Å². The molecule has 1 saturated carbocycles. The lowest BCUT2D eigenvalue weighted by Crippen LogP contribution is -2.58. The first-order valence-corrected chi connectivity index (χ1v) is 11.0. The highest BCUT2D eigenvalue weighted by Crippen LogP contribution is 2.42. The minimum absolute atomic E-state index is 0.